The Labute approximate surface area is 71.2 Å². The second-order valence-corrected chi connectivity index (χ2v) is 3.46. The minimum absolute atomic E-state index is 0.526. The number of nitrogens with two attached hydrogens (primary N) is 1. The molecule has 1 aromatic rings. The molecule has 2 nitrogen and oxygen atoms in total. The standard InChI is InChI=1S/C8H12N2S/c1-2-11-8-3-4-10-7(5-8)6-9/h3-5H,2,6,9H2,1H3. The van der Waals surface area contributed by atoms with Crippen LogP contribution in [0, 0.1) is 0 Å². The number of aromatic nitrogens is 1. The molecule has 11 heavy (non-hydrogen) atoms. The fourth-order valence-corrected chi connectivity index (χ4v) is 1.53. The molecule has 0 aliphatic rings. The lowest BCUT2D eigenvalue weighted by molar-refractivity contribution is 0.976. The lowest BCUT2D eigenvalue weighted by Gasteiger charge is -1.99. The topological polar surface area (TPSA) is 38.9 Å². The molecule has 0 fully saturated rings. The molecule has 0 saturated heterocycles. The van der Waals surface area contributed by atoms with Crippen LogP contribution in [0.1, 0.15) is 12.6 Å². The van der Waals surface area contributed by atoms with E-state index < -0.39 is 0 Å². The first kappa shape index (κ1) is 8.56. The summed E-state index contributed by atoms with van der Waals surface area (Å²) >= 11 is 1.81. The largest absolute Gasteiger partial charge is 0.325 e. The summed E-state index contributed by atoms with van der Waals surface area (Å²) < 4.78 is 0. The van der Waals surface area contributed by atoms with Gasteiger partial charge in [-0.3, -0.25) is 4.98 Å². The molecule has 1 aromatic heterocycles. The Bertz CT molecular complexity index is 225. The number of pyridine rings is 1. The van der Waals surface area contributed by atoms with Crippen molar-refractivity contribution in [1.29, 1.82) is 0 Å². The van der Waals surface area contributed by atoms with Crippen LogP contribution in [-0.2, 0) is 6.54 Å². The lowest BCUT2D eigenvalue weighted by atomic mass is 10.3. The van der Waals surface area contributed by atoms with Crippen LogP contribution in [0.5, 0.6) is 0 Å². The predicted molar refractivity (Wildman–Crippen MR) is 48.5 cm³/mol. The van der Waals surface area contributed by atoms with E-state index in [1.54, 1.807) is 6.20 Å². The number of nitrogens with zero attached hydrogens (tertiary/aromatic N) is 1. The van der Waals surface area contributed by atoms with Gasteiger partial charge in [0, 0.05) is 17.6 Å². The van der Waals surface area contributed by atoms with E-state index in [9.17, 15) is 0 Å². The molecule has 0 atom stereocenters. The van der Waals surface area contributed by atoms with Gasteiger partial charge in [0.1, 0.15) is 0 Å². The third kappa shape index (κ3) is 2.52. The summed E-state index contributed by atoms with van der Waals surface area (Å²) in [5.74, 6) is 1.09. The first-order valence-corrected chi connectivity index (χ1v) is 4.63. The number of rotatable bonds is 3. The van der Waals surface area contributed by atoms with Gasteiger partial charge in [-0.1, -0.05) is 6.92 Å². The maximum atomic E-state index is 5.44. The normalized spacial score (nSPS) is 10.0. The lowest BCUT2D eigenvalue weighted by Crippen LogP contribution is -1.98. The van der Waals surface area contributed by atoms with Crippen molar-refractivity contribution in [3.8, 4) is 0 Å². The van der Waals surface area contributed by atoms with Crippen LogP contribution in [0.2, 0.25) is 0 Å². The molecule has 0 amide bonds. The molecule has 0 aliphatic heterocycles. The summed E-state index contributed by atoms with van der Waals surface area (Å²) in [6.07, 6.45) is 1.81. The Morgan fingerprint density at radius 1 is 1.64 bits per heavy atom. The van der Waals surface area contributed by atoms with Crippen molar-refractivity contribution in [3.63, 3.8) is 0 Å². The van der Waals surface area contributed by atoms with Crippen LogP contribution < -0.4 is 5.73 Å². The third-order valence-electron chi connectivity index (χ3n) is 1.31. The predicted octanol–water partition coefficient (Wildman–Crippen LogP) is 1.65. The quantitative estimate of drug-likeness (QED) is 0.697. The van der Waals surface area contributed by atoms with E-state index >= 15 is 0 Å². The minimum Gasteiger partial charge on any atom is -0.325 e. The Morgan fingerprint density at radius 2 is 2.45 bits per heavy atom. The Morgan fingerprint density at radius 3 is 3.09 bits per heavy atom. The molecule has 0 bridgehead atoms. The molecule has 0 radical (unpaired) electrons. The van der Waals surface area contributed by atoms with Gasteiger partial charge in [-0.05, 0) is 17.9 Å². The maximum Gasteiger partial charge on any atom is 0.0550 e. The summed E-state index contributed by atoms with van der Waals surface area (Å²) in [5, 5.41) is 0. The van der Waals surface area contributed by atoms with Crippen molar-refractivity contribution in [2.24, 2.45) is 5.73 Å². The summed E-state index contributed by atoms with van der Waals surface area (Å²) in [7, 11) is 0. The Hall–Kier alpha value is -0.540. The summed E-state index contributed by atoms with van der Waals surface area (Å²) in [5.41, 5.74) is 6.40. The van der Waals surface area contributed by atoms with Crippen LogP contribution in [0.3, 0.4) is 0 Å². The average molecular weight is 168 g/mol. The molecule has 0 saturated carbocycles. The van der Waals surface area contributed by atoms with Gasteiger partial charge in [0.2, 0.25) is 0 Å². The second-order valence-electron chi connectivity index (χ2n) is 2.12. The highest BCUT2D eigenvalue weighted by Crippen LogP contribution is 2.16. The Kier molecular flexibility index (Phi) is 3.39. The molecule has 0 unspecified atom stereocenters. The number of thioether (sulfide) groups is 1. The van der Waals surface area contributed by atoms with Gasteiger partial charge in [-0.25, -0.2) is 0 Å². The zero-order valence-corrected chi connectivity index (χ0v) is 7.40. The average Bonchev–Trinajstić information content (AvgIpc) is 2.06. The molecule has 1 rings (SSSR count). The van der Waals surface area contributed by atoms with Gasteiger partial charge in [0.15, 0.2) is 0 Å². The molecule has 0 aliphatic carbocycles. The first-order chi connectivity index (χ1) is 5.36. The first-order valence-electron chi connectivity index (χ1n) is 3.64. The van der Waals surface area contributed by atoms with Crippen molar-refractivity contribution in [3.05, 3.63) is 24.0 Å². The summed E-state index contributed by atoms with van der Waals surface area (Å²) in [4.78, 5) is 5.35. The van der Waals surface area contributed by atoms with E-state index in [1.807, 2.05) is 23.9 Å². The fourth-order valence-electron chi connectivity index (χ4n) is 0.824. The van der Waals surface area contributed by atoms with Crippen LogP contribution in [-0.4, -0.2) is 10.7 Å². The van der Waals surface area contributed by atoms with Gasteiger partial charge in [-0.15, -0.1) is 11.8 Å². The van der Waals surface area contributed by atoms with E-state index in [1.165, 1.54) is 4.90 Å². The molecular weight excluding hydrogens is 156 g/mol. The van der Waals surface area contributed by atoms with E-state index in [4.69, 9.17) is 5.73 Å². The van der Waals surface area contributed by atoms with Gasteiger partial charge in [-0.2, -0.15) is 0 Å². The zero-order chi connectivity index (χ0) is 8.10. The maximum absolute atomic E-state index is 5.44. The summed E-state index contributed by atoms with van der Waals surface area (Å²) in [6.45, 7) is 2.66. The highest BCUT2D eigenvalue weighted by Gasteiger charge is 1.93. The van der Waals surface area contributed by atoms with Gasteiger partial charge < -0.3 is 5.73 Å². The van der Waals surface area contributed by atoms with Crippen LogP contribution in [0.25, 0.3) is 0 Å². The second kappa shape index (κ2) is 4.36. The monoisotopic (exact) mass is 168 g/mol. The molecule has 60 valence electrons. The Balaban J connectivity index is 2.74. The molecule has 1 heterocycles. The smallest absolute Gasteiger partial charge is 0.0550 e. The van der Waals surface area contributed by atoms with Crippen LogP contribution in [0.15, 0.2) is 23.2 Å². The highest BCUT2D eigenvalue weighted by molar-refractivity contribution is 7.99. The number of hydrogen-bond acceptors (Lipinski definition) is 3. The van der Waals surface area contributed by atoms with Crippen molar-refractivity contribution in [2.75, 3.05) is 5.75 Å². The zero-order valence-electron chi connectivity index (χ0n) is 6.58. The van der Waals surface area contributed by atoms with Gasteiger partial charge >= 0.3 is 0 Å². The van der Waals surface area contributed by atoms with E-state index in [0.717, 1.165) is 11.4 Å². The van der Waals surface area contributed by atoms with E-state index in [0.29, 0.717) is 6.54 Å². The molecule has 3 heteroatoms. The van der Waals surface area contributed by atoms with Gasteiger partial charge in [0.05, 0.1) is 5.69 Å². The molecule has 2 N–H and O–H groups in total. The van der Waals surface area contributed by atoms with Crippen LogP contribution >= 0.6 is 11.8 Å². The summed E-state index contributed by atoms with van der Waals surface area (Å²) in [6, 6.07) is 4.04. The fraction of sp³-hybridized carbons (Fsp3) is 0.375. The van der Waals surface area contributed by atoms with E-state index in [2.05, 4.69) is 11.9 Å². The molecular formula is C8H12N2S. The third-order valence-corrected chi connectivity index (χ3v) is 2.18. The minimum atomic E-state index is 0.526. The van der Waals surface area contributed by atoms with E-state index in [-0.39, 0.29) is 0 Å². The van der Waals surface area contributed by atoms with Gasteiger partial charge in [0.25, 0.3) is 0 Å². The van der Waals surface area contributed by atoms with Crippen LogP contribution in [0.4, 0.5) is 0 Å². The molecule has 0 aromatic carbocycles. The number of hydrogen-bond donors (Lipinski definition) is 1. The van der Waals surface area contributed by atoms with Crippen molar-refractivity contribution >= 4 is 11.8 Å². The van der Waals surface area contributed by atoms with Crippen molar-refractivity contribution in [2.45, 2.75) is 18.4 Å². The SMILES string of the molecule is CCSc1ccnc(CN)c1. The van der Waals surface area contributed by atoms with Crippen molar-refractivity contribution < 1.29 is 0 Å². The van der Waals surface area contributed by atoms with Crippen molar-refractivity contribution in [1.82, 2.24) is 4.98 Å². The highest BCUT2D eigenvalue weighted by atomic mass is 32.2. The molecule has 0 spiro atoms.